The van der Waals surface area contributed by atoms with Crippen LogP contribution in [-0.4, -0.2) is 39.6 Å². The molecule has 0 bridgehead atoms. The number of hydrogen-bond donors (Lipinski definition) is 2. The highest BCUT2D eigenvalue weighted by Gasteiger charge is 2.36. The van der Waals surface area contributed by atoms with E-state index in [1.165, 1.54) is 5.56 Å². The number of aliphatic imine (C=N–C) groups is 1. The van der Waals surface area contributed by atoms with E-state index in [-0.39, 0.29) is 36.2 Å². The lowest BCUT2D eigenvalue weighted by atomic mass is 9.74. The van der Waals surface area contributed by atoms with E-state index < -0.39 is 0 Å². The molecule has 7 nitrogen and oxygen atoms in total. The molecular weight excluding hydrogens is 533 g/mol. The van der Waals surface area contributed by atoms with Crippen molar-refractivity contribution in [2.24, 2.45) is 4.99 Å². The first-order chi connectivity index (χ1) is 15.7. The zero-order valence-corrected chi connectivity index (χ0v) is 21.3. The van der Waals surface area contributed by atoms with Gasteiger partial charge in [-0.1, -0.05) is 24.3 Å². The number of nitrogens with zero attached hydrogens (tertiary/aromatic N) is 1. The van der Waals surface area contributed by atoms with E-state index in [2.05, 4.69) is 40.7 Å². The second-order valence-electron chi connectivity index (χ2n) is 8.39. The standard InChI is InChI=1S/C25H29N3O4.HI/c1-17-19-5-3-4-6-20(19)32-23(17)14-27-24(26-2)28-15-25(9-11-29-12-10-25)18-7-8-21-22(13-18)31-16-30-21;/h3-8,13H,9-12,14-16H2,1-2H3,(H2,26,27,28);1H. The Kier molecular flexibility index (Phi) is 7.33. The lowest BCUT2D eigenvalue weighted by molar-refractivity contribution is 0.0513. The molecule has 0 unspecified atom stereocenters. The van der Waals surface area contributed by atoms with Gasteiger partial charge in [0.25, 0.3) is 0 Å². The molecule has 0 atom stereocenters. The first-order valence-electron chi connectivity index (χ1n) is 11.1. The molecule has 176 valence electrons. The minimum Gasteiger partial charge on any atom is -0.459 e. The van der Waals surface area contributed by atoms with Gasteiger partial charge in [-0.05, 0) is 43.5 Å². The van der Waals surface area contributed by atoms with Crippen molar-refractivity contribution >= 4 is 40.9 Å². The average Bonchev–Trinajstić information content (AvgIpc) is 3.44. The van der Waals surface area contributed by atoms with Crippen LogP contribution in [0.3, 0.4) is 0 Å². The summed E-state index contributed by atoms with van der Waals surface area (Å²) in [4.78, 5) is 4.43. The molecule has 1 fully saturated rings. The van der Waals surface area contributed by atoms with Crippen LogP contribution in [-0.2, 0) is 16.7 Å². The summed E-state index contributed by atoms with van der Waals surface area (Å²) in [6.45, 7) is 5.16. The summed E-state index contributed by atoms with van der Waals surface area (Å²) in [5, 5.41) is 8.10. The Morgan fingerprint density at radius 2 is 1.82 bits per heavy atom. The molecule has 1 aromatic heterocycles. The molecular formula is C25H30IN3O4. The quantitative estimate of drug-likeness (QED) is 0.271. The van der Waals surface area contributed by atoms with E-state index in [4.69, 9.17) is 18.6 Å². The fourth-order valence-electron chi connectivity index (χ4n) is 4.59. The minimum absolute atomic E-state index is 0. The van der Waals surface area contributed by atoms with E-state index in [0.717, 1.165) is 72.4 Å². The number of benzene rings is 2. The summed E-state index contributed by atoms with van der Waals surface area (Å²) in [5.74, 6) is 3.29. The van der Waals surface area contributed by atoms with Gasteiger partial charge in [0.05, 0.1) is 6.54 Å². The molecule has 0 amide bonds. The normalized spacial score (nSPS) is 17.0. The molecule has 3 heterocycles. The molecule has 0 saturated carbocycles. The van der Waals surface area contributed by atoms with Crippen molar-refractivity contribution in [3.8, 4) is 11.5 Å². The fourth-order valence-corrected chi connectivity index (χ4v) is 4.59. The topological polar surface area (TPSA) is 77.3 Å². The van der Waals surface area contributed by atoms with Crippen LogP contribution in [0.25, 0.3) is 11.0 Å². The minimum atomic E-state index is -0.0634. The summed E-state index contributed by atoms with van der Waals surface area (Å²) in [6.07, 6.45) is 1.86. The van der Waals surface area contributed by atoms with Crippen molar-refractivity contribution in [2.75, 3.05) is 33.6 Å². The smallest absolute Gasteiger partial charge is 0.231 e. The van der Waals surface area contributed by atoms with Gasteiger partial charge >= 0.3 is 0 Å². The SMILES string of the molecule is CN=C(NCc1oc2ccccc2c1C)NCC1(c2ccc3c(c2)OCO3)CCOCC1.I. The van der Waals surface area contributed by atoms with Gasteiger partial charge in [-0.2, -0.15) is 0 Å². The maximum atomic E-state index is 6.03. The van der Waals surface area contributed by atoms with Crippen LogP contribution in [0.15, 0.2) is 51.9 Å². The van der Waals surface area contributed by atoms with Crippen LogP contribution >= 0.6 is 24.0 Å². The third kappa shape index (κ3) is 4.77. The van der Waals surface area contributed by atoms with Crippen LogP contribution in [0.1, 0.15) is 29.7 Å². The van der Waals surface area contributed by atoms with Crippen LogP contribution in [0.4, 0.5) is 0 Å². The second kappa shape index (κ2) is 10.2. The number of fused-ring (bicyclic) bond motifs is 2. The average molecular weight is 563 g/mol. The van der Waals surface area contributed by atoms with Crippen molar-refractivity contribution in [1.29, 1.82) is 0 Å². The Morgan fingerprint density at radius 3 is 2.61 bits per heavy atom. The van der Waals surface area contributed by atoms with Crippen molar-refractivity contribution in [1.82, 2.24) is 10.6 Å². The highest BCUT2D eigenvalue weighted by molar-refractivity contribution is 14.0. The third-order valence-corrected chi connectivity index (χ3v) is 6.61. The molecule has 2 aromatic carbocycles. The Balaban J connectivity index is 0.00000259. The monoisotopic (exact) mass is 563 g/mol. The lowest BCUT2D eigenvalue weighted by Gasteiger charge is -2.38. The highest BCUT2D eigenvalue weighted by atomic mass is 127. The molecule has 1 saturated heterocycles. The highest BCUT2D eigenvalue weighted by Crippen LogP contribution is 2.40. The van der Waals surface area contributed by atoms with Crippen LogP contribution in [0, 0.1) is 6.92 Å². The molecule has 3 aromatic rings. The Labute approximate surface area is 210 Å². The van der Waals surface area contributed by atoms with Crippen molar-refractivity contribution < 1.29 is 18.6 Å². The summed E-state index contributed by atoms with van der Waals surface area (Å²) in [7, 11) is 1.79. The molecule has 2 aliphatic rings. The van der Waals surface area contributed by atoms with Gasteiger partial charge in [0.15, 0.2) is 17.5 Å². The molecule has 0 spiro atoms. The predicted octanol–water partition coefficient (Wildman–Crippen LogP) is 4.50. The van der Waals surface area contributed by atoms with Crippen LogP contribution in [0.2, 0.25) is 0 Å². The molecule has 33 heavy (non-hydrogen) atoms. The first-order valence-corrected chi connectivity index (χ1v) is 11.1. The van der Waals surface area contributed by atoms with Crippen molar-refractivity contribution in [3.63, 3.8) is 0 Å². The van der Waals surface area contributed by atoms with Gasteiger partial charge in [0, 0.05) is 43.2 Å². The first kappa shape index (κ1) is 23.7. The third-order valence-electron chi connectivity index (χ3n) is 6.61. The summed E-state index contributed by atoms with van der Waals surface area (Å²) in [6, 6.07) is 14.4. The number of para-hydroxylation sites is 1. The maximum absolute atomic E-state index is 6.03. The molecule has 0 aliphatic carbocycles. The number of nitrogens with one attached hydrogen (secondary N) is 2. The van der Waals surface area contributed by atoms with Crippen molar-refractivity contribution in [2.45, 2.75) is 31.7 Å². The molecule has 0 radical (unpaired) electrons. The van der Waals surface area contributed by atoms with Gasteiger partial charge in [0.2, 0.25) is 6.79 Å². The number of guanidine groups is 1. The van der Waals surface area contributed by atoms with Gasteiger partial charge in [0.1, 0.15) is 11.3 Å². The van der Waals surface area contributed by atoms with Gasteiger partial charge in [-0.25, -0.2) is 0 Å². The fraction of sp³-hybridized carbons (Fsp3) is 0.400. The predicted molar refractivity (Wildman–Crippen MR) is 139 cm³/mol. The number of ether oxygens (including phenoxy) is 3. The molecule has 5 rings (SSSR count). The number of rotatable bonds is 5. The van der Waals surface area contributed by atoms with E-state index in [1.54, 1.807) is 7.05 Å². The Bertz CT molecular complexity index is 1140. The number of furan rings is 1. The zero-order valence-electron chi connectivity index (χ0n) is 19.0. The number of hydrogen-bond acceptors (Lipinski definition) is 5. The lowest BCUT2D eigenvalue weighted by Crippen LogP contribution is -2.47. The summed E-state index contributed by atoms with van der Waals surface area (Å²) < 4.78 is 22.8. The molecule has 2 N–H and O–H groups in total. The second-order valence-corrected chi connectivity index (χ2v) is 8.39. The maximum Gasteiger partial charge on any atom is 0.231 e. The van der Waals surface area contributed by atoms with E-state index in [9.17, 15) is 0 Å². The van der Waals surface area contributed by atoms with Crippen molar-refractivity contribution in [3.05, 3.63) is 59.4 Å². The van der Waals surface area contributed by atoms with E-state index >= 15 is 0 Å². The van der Waals surface area contributed by atoms with Gasteiger partial charge in [-0.15, -0.1) is 24.0 Å². The molecule has 2 aliphatic heterocycles. The Hall–Kier alpha value is -2.46. The van der Waals surface area contributed by atoms with Crippen LogP contribution in [0.5, 0.6) is 11.5 Å². The Morgan fingerprint density at radius 1 is 1.03 bits per heavy atom. The zero-order chi connectivity index (χ0) is 22.0. The summed E-state index contributed by atoms with van der Waals surface area (Å²) >= 11 is 0. The van der Waals surface area contributed by atoms with Crippen LogP contribution < -0.4 is 20.1 Å². The summed E-state index contributed by atoms with van der Waals surface area (Å²) in [5.41, 5.74) is 3.24. The molecule has 8 heteroatoms. The number of halogens is 1. The van der Waals surface area contributed by atoms with Gasteiger partial charge in [-0.3, -0.25) is 4.99 Å². The largest absolute Gasteiger partial charge is 0.459 e. The van der Waals surface area contributed by atoms with E-state index in [0.29, 0.717) is 6.54 Å². The van der Waals surface area contributed by atoms with E-state index in [1.807, 2.05) is 24.3 Å². The van der Waals surface area contributed by atoms with Gasteiger partial charge < -0.3 is 29.3 Å². The number of aryl methyl sites for hydroxylation is 1.